The van der Waals surface area contributed by atoms with E-state index in [-0.39, 0.29) is 30.6 Å². The summed E-state index contributed by atoms with van der Waals surface area (Å²) in [6, 6.07) is 14.8. The molecule has 2 aliphatic heterocycles. The van der Waals surface area contributed by atoms with Crippen LogP contribution in [0.15, 0.2) is 64.1 Å². The van der Waals surface area contributed by atoms with Crippen LogP contribution in [0.2, 0.25) is 0 Å². The zero-order chi connectivity index (χ0) is 27.9. The highest BCUT2D eigenvalue weighted by Gasteiger charge is 2.48. The summed E-state index contributed by atoms with van der Waals surface area (Å²) in [5, 5.41) is 17.9. The number of likely N-dealkylation sites (tertiary alicyclic amines) is 1. The number of benzene rings is 2. The maximum atomic E-state index is 14.3. The molecule has 3 aromatic rings. The molecule has 0 saturated carbocycles. The van der Waals surface area contributed by atoms with Gasteiger partial charge in [-0.2, -0.15) is 4.99 Å². The monoisotopic (exact) mass is 528 g/mol. The number of amides is 2. The van der Waals surface area contributed by atoms with Gasteiger partial charge in [0.05, 0.1) is 19.9 Å². The summed E-state index contributed by atoms with van der Waals surface area (Å²) >= 11 is 0. The molecular weight excluding hydrogens is 497 g/mol. The molecule has 2 aliphatic rings. The molecule has 0 bridgehead atoms. The van der Waals surface area contributed by atoms with Crippen LogP contribution in [0, 0.1) is 11.7 Å². The van der Waals surface area contributed by atoms with Crippen molar-refractivity contribution < 1.29 is 23.6 Å². The van der Waals surface area contributed by atoms with Crippen LogP contribution in [0.3, 0.4) is 0 Å². The molecule has 2 N–H and O–H groups in total. The van der Waals surface area contributed by atoms with Gasteiger partial charge in [-0.15, -0.1) is 0 Å². The fourth-order valence-corrected chi connectivity index (χ4v) is 5.46. The molecule has 0 spiro atoms. The summed E-state index contributed by atoms with van der Waals surface area (Å²) < 4.78 is 19.8. The number of hydrogen-bond acceptors (Lipinski definition) is 6. The number of aromatic nitrogens is 1. The minimum absolute atomic E-state index is 0.0770. The molecule has 8 nitrogen and oxygen atoms in total. The van der Waals surface area contributed by atoms with Gasteiger partial charge in [-0.25, -0.2) is 4.39 Å². The highest BCUT2D eigenvalue weighted by molar-refractivity contribution is 6.97. The lowest BCUT2D eigenvalue weighted by Gasteiger charge is -2.31. The Morgan fingerprint density at radius 1 is 1.26 bits per heavy atom. The first-order chi connectivity index (χ1) is 18.6. The number of aliphatic hydroxyl groups is 1. The van der Waals surface area contributed by atoms with E-state index in [1.54, 1.807) is 60.4 Å². The van der Waals surface area contributed by atoms with E-state index < -0.39 is 29.5 Å². The smallest absolute Gasteiger partial charge is 0.277 e. The standard InChI is InChI=1S/C28H31B2FN4O4/c1-15(2)24(22-13-23(30-29)34-39-22)26(37)35-14-18(36)12-21(35)25-32-27(38)28(3,33-25)17-10-8-16(9-11-17)19-6-4-5-7-20(19)31/h4-11,13,15,18,21,24,30,36H,12,14,29H2,1-3H3,(H,32,33,38)/t18-,21?,24?,28+/m1/s1. The van der Waals surface area contributed by atoms with Crippen molar-refractivity contribution in [2.75, 3.05) is 6.54 Å². The van der Waals surface area contributed by atoms with E-state index in [0.29, 0.717) is 35.5 Å². The Labute approximate surface area is 228 Å². The van der Waals surface area contributed by atoms with E-state index in [0.717, 1.165) is 5.59 Å². The van der Waals surface area contributed by atoms with Gasteiger partial charge >= 0.3 is 0 Å². The van der Waals surface area contributed by atoms with Gasteiger partial charge < -0.3 is 19.8 Å². The second kappa shape index (κ2) is 10.4. The van der Waals surface area contributed by atoms with E-state index >= 15 is 0 Å². The lowest BCUT2D eigenvalue weighted by molar-refractivity contribution is -0.134. The van der Waals surface area contributed by atoms with Crippen molar-refractivity contribution in [3.8, 4) is 11.1 Å². The molecule has 2 amide bonds. The molecule has 1 aromatic heterocycles. The van der Waals surface area contributed by atoms with Crippen LogP contribution in [-0.4, -0.2) is 66.4 Å². The topological polar surface area (TPSA) is 108 Å². The maximum absolute atomic E-state index is 14.3. The zero-order valence-electron chi connectivity index (χ0n) is 22.5. The summed E-state index contributed by atoms with van der Waals surface area (Å²) in [5.74, 6) is -0.743. The number of carbonyl (C=O) groups excluding carboxylic acids is 2. The highest BCUT2D eigenvalue weighted by atomic mass is 19.1. The third kappa shape index (κ3) is 4.91. The molecular formula is C28H31B2FN4O4. The predicted octanol–water partition coefficient (Wildman–Crippen LogP) is 1.24. The van der Waals surface area contributed by atoms with Gasteiger partial charge in [0.15, 0.2) is 0 Å². The van der Waals surface area contributed by atoms with Crippen molar-refractivity contribution in [1.29, 1.82) is 0 Å². The summed E-state index contributed by atoms with van der Waals surface area (Å²) in [6.45, 7) is 5.74. The molecule has 39 heavy (non-hydrogen) atoms. The van der Waals surface area contributed by atoms with Crippen LogP contribution in [-0.2, 0) is 15.1 Å². The summed E-state index contributed by atoms with van der Waals surface area (Å²) in [4.78, 5) is 33.0. The van der Waals surface area contributed by atoms with Crippen LogP contribution < -0.4 is 10.9 Å². The fraction of sp³-hybridized carbons (Fsp3) is 0.357. The van der Waals surface area contributed by atoms with Gasteiger partial charge in [0.2, 0.25) is 5.91 Å². The van der Waals surface area contributed by atoms with E-state index in [2.05, 4.69) is 15.5 Å². The SMILES string of the molecule is BBc1cc(C(C(=O)N2C[C@H](O)CC2C2=NC(=O)[C@](C)(c3ccc(-c4ccccc4F)cc3)N2)C(C)C)on1. The molecule has 1 fully saturated rings. The molecule has 11 heteroatoms. The zero-order valence-corrected chi connectivity index (χ0v) is 22.5. The Morgan fingerprint density at radius 2 is 1.97 bits per heavy atom. The number of carbonyl (C=O) groups is 2. The van der Waals surface area contributed by atoms with E-state index in [1.165, 1.54) is 6.07 Å². The first kappa shape index (κ1) is 26.9. The molecule has 2 unspecified atom stereocenters. The number of rotatable bonds is 7. The minimum atomic E-state index is -1.16. The van der Waals surface area contributed by atoms with Gasteiger partial charge in [0, 0.05) is 24.1 Å². The first-order valence-corrected chi connectivity index (χ1v) is 13.3. The summed E-state index contributed by atoms with van der Waals surface area (Å²) in [6.07, 6.45) is -0.492. The normalized spacial score (nSPS) is 23.6. The van der Waals surface area contributed by atoms with Crippen molar-refractivity contribution in [1.82, 2.24) is 15.4 Å². The average Bonchev–Trinajstić information content (AvgIpc) is 3.62. The van der Waals surface area contributed by atoms with Crippen molar-refractivity contribution in [2.24, 2.45) is 10.9 Å². The number of aliphatic hydroxyl groups excluding tert-OH is 1. The van der Waals surface area contributed by atoms with Crippen molar-refractivity contribution in [3.63, 3.8) is 0 Å². The maximum Gasteiger partial charge on any atom is 0.277 e. The molecule has 0 radical (unpaired) electrons. The lowest BCUT2D eigenvalue weighted by atomic mass is 9.53. The molecule has 5 rings (SSSR count). The second-order valence-corrected chi connectivity index (χ2v) is 10.8. The lowest BCUT2D eigenvalue weighted by Crippen LogP contribution is -2.51. The Morgan fingerprint density at radius 3 is 2.62 bits per heavy atom. The van der Waals surface area contributed by atoms with Gasteiger partial charge in [0.25, 0.3) is 5.91 Å². The second-order valence-electron chi connectivity index (χ2n) is 10.8. The Bertz CT molecular complexity index is 1430. The fourth-order valence-electron chi connectivity index (χ4n) is 5.46. The number of aliphatic imine (C=N–C) groups is 1. The van der Waals surface area contributed by atoms with Crippen LogP contribution in [0.25, 0.3) is 11.1 Å². The van der Waals surface area contributed by atoms with E-state index in [9.17, 15) is 19.1 Å². The largest absolute Gasteiger partial charge is 0.391 e. The number of hydrogen-bond donors (Lipinski definition) is 2. The van der Waals surface area contributed by atoms with Gasteiger partial charge in [-0.1, -0.05) is 61.5 Å². The van der Waals surface area contributed by atoms with Gasteiger partial charge in [-0.05, 0) is 36.1 Å². The molecule has 3 heterocycles. The van der Waals surface area contributed by atoms with E-state index in [1.807, 2.05) is 21.6 Å². The molecule has 2 aromatic carbocycles. The van der Waals surface area contributed by atoms with Crippen molar-refractivity contribution in [2.45, 2.75) is 50.8 Å². The van der Waals surface area contributed by atoms with Crippen LogP contribution in [0.5, 0.6) is 0 Å². The first-order valence-electron chi connectivity index (χ1n) is 13.3. The van der Waals surface area contributed by atoms with Gasteiger partial charge in [0.1, 0.15) is 36.0 Å². The number of β-amino-alcohol motifs (C(OH)–C–C–N with tert-alkyl or cyclic N) is 1. The number of halogens is 1. The quantitative estimate of drug-likeness (QED) is 0.447. The van der Waals surface area contributed by atoms with Crippen LogP contribution >= 0.6 is 0 Å². The van der Waals surface area contributed by atoms with Crippen molar-refractivity contribution in [3.05, 3.63) is 71.7 Å². The summed E-state index contributed by atoms with van der Waals surface area (Å²) in [7, 11) is 2.66. The molecule has 1 saturated heterocycles. The Hall–Kier alpha value is -3.72. The third-order valence-electron chi connectivity index (χ3n) is 7.73. The highest BCUT2D eigenvalue weighted by Crippen LogP contribution is 2.34. The van der Waals surface area contributed by atoms with E-state index in [4.69, 9.17) is 4.52 Å². The number of amidine groups is 1. The van der Waals surface area contributed by atoms with Crippen LogP contribution in [0.4, 0.5) is 4.39 Å². The molecule has 200 valence electrons. The van der Waals surface area contributed by atoms with Gasteiger partial charge in [-0.3, -0.25) is 9.59 Å². The minimum Gasteiger partial charge on any atom is -0.391 e. The van der Waals surface area contributed by atoms with Crippen LogP contribution in [0.1, 0.15) is 44.4 Å². The number of nitrogens with zero attached hydrogens (tertiary/aromatic N) is 3. The molecule has 4 atom stereocenters. The predicted molar refractivity (Wildman–Crippen MR) is 150 cm³/mol. The third-order valence-corrected chi connectivity index (χ3v) is 7.73. The Balaban J connectivity index is 1.39. The van der Waals surface area contributed by atoms with Crippen molar-refractivity contribution >= 4 is 38.2 Å². The average molecular weight is 528 g/mol. The molecule has 0 aliphatic carbocycles. The number of nitrogens with one attached hydrogen (secondary N) is 1. The Kier molecular flexibility index (Phi) is 7.20. The summed E-state index contributed by atoms with van der Waals surface area (Å²) in [5.41, 5.74) is 1.44.